The quantitative estimate of drug-likeness (QED) is 0.612. The van der Waals surface area contributed by atoms with E-state index in [1.807, 2.05) is 30.6 Å². The summed E-state index contributed by atoms with van der Waals surface area (Å²) in [5.74, 6) is 2.45. The molecule has 0 atom stereocenters. The maximum atomic E-state index is 5.31. The summed E-state index contributed by atoms with van der Waals surface area (Å²) in [4.78, 5) is 13.5. The second kappa shape index (κ2) is 5.85. The van der Waals surface area contributed by atoms with Crippen LogP contribution in [0.25, 0.3) is 16.2 Å². The number of aryl methyl sites for hydroxylation is 2. The molecule has 6 nitrogen and oxygen atoms in total. The standard InChI is InChI=1S/C16H15N5OS/c1-22-12-4-2-8-21-16(12)19-15(20-21)7-6-14-17-10-11(18-14)13-5-3-9-23-13/h2-5,8-10H,6-7H2,1H3,(H,17,18). The summed E-state index contributed by atoms with van der Waals surface area (Å²) < 4.78 is 7.05. The van der Waals surface area contributed by atoms with Gasteiger partial charge in [-0.1, -0.05) is 6.07 Å². The molecule has 116 valence electrons. The molecule has 4 aromatic rings. The van der Waals surface area contributed by atoms with Crippen molar-refractivity contribution in [3.8, 4) is 16.3 Å². The predicted octanol–water partition coefficient (Wildman–Crippen LogP) is 2.97. The van der Waals surface area contributed by atoms with Gasteiger partial charge in [-0.25, -0.2) is 14.5 Å². The second-order valence-corrected chi connectivity index (χ2v) is 6.04. The number of hydrogen-bond donors (Lipinski definition) is 1. The van der Waals surface area contributed by atoms with E-state index in [-0.39, 0.29) is 0 Å². The lowest BCUT2D eigenvalue weighted by Gasteiger charge is -1.98. The minimum absolute atomic E-state index is 0.724. The molecule has 23 heavy (non-hydrogen) atoms. The Hall–Kier alpha value is -2.67. The molecule has 0 unspecified atom stereocenters. The van der Waals surface area contributed by atoms with E-state index in [2.05, 4.69) is 31.5 Å². The van der Waals surface area contributed by atoms with Gasteiger partial charge < -0.3 is 9.72 Å². The number of nitrogens with zero attached hydrogens (tertiary/aromatic N) is 4. The van der Waals surface area contributed by atoms with Crippen LogP contribution < -0.4 is 4.74 Å². The molecule has 0 aliphatic heterocycles. The van der Waals surface area contributed by atoms with E-state index in [4.69, 9.17) is 4.74 Å². The molecule has 0 aliphatic rings. The smallest absolute Gasteiger partial charge is 0.198 e. The molecule has 4 rings (SSSR count). The van der Waals surface area contributed by atoms with E-state index < -0.39 is 0 Å². The molecule has 0 saturated carbocycles. The van der Waals surface area contributed by atoms with Crippen LogP contribution >= 0.6 is 11.3 Å². The molecule has 1 N–H and O–H groups in total. The summed E-state index contributed by atoms with van der Waals surface area (Å²) in [6.07, 6.45) is 5.24. The Morgan fingerprint density at radius 1 is 1.26 bits per heavy atom. The molecule has 0 aromatic carbocycles. The molecule has 4 aromatic heterocycles. The second-order valence-electron chi connectivity index (χ2n) is 5.09. The van der Waals surface area contributed by atoms with Crippen molar-refractivity contribution in [2.45, 2.75) is 12.8 Å². The van der Waals surface area contributed by atoms with Crippen molar-refractivity contribution in [3.63, 3.8) is 0 Å². The highest BCUT2D eigenvalue weighted by Crippen LogP contribution is 2.22. The molecule has 7 heteroatoms. The number of rotatable bonds is 5. The number of aromatic amines is 1. The van der Waals surface area contributed by atoms with Crippen molar-refractivity contribution in [1.29, 1.82) is 0 Å². The Labute approximate surface area is 136 Å². The summed E-state index contributed by atoms with van der Waals surface area (Å²) in [7, 11) is 1.64. The Morgan fingerprint density at radius 3 is 3.04 bits per heavy atom. The first kappa shape index (κ1) is 14.0. The minimum Gasteiger partial charge on any atom is -0.493 e. The summed E-state index contributed by atoms with van der Waals surface area (Å²) in [5.41, 5.74) is 1.79. The van der Waals surface area contributed by atoms with Gasteiger partial charge >= 0.3 is 0 Å². The van der Waals surface area contributed by atoms with Gasteiger partial charge in [0.15, 0.2) is 17.2 Å². The Morgan fingerprint density at radius 2 is 2.22 bits per heavy atom. The average molecular weight is 325 g/mol. The van der Waals surface area contributed by atoms with Crippen LogP contribution in [0.1, 0.15) is 11.6 Å². The summed E-state index contributed by atoms with van der Waals surface area (Å²) in [6.45, 7) is 0. The molecule has 0 saturated heterocycles. The zero-order valence-electron chi connectivity index (χ0n) is 12.6. The van der Waals surface area contributed by atoms with Crippen molar-refractivity contribution in [1.82, 2.24) is 24.6 Å². The molecule has 0 amide bonds. The zero-order valence-corrected chi connectivity index (χ0v) is 13.4. The summed E-state index contributed by atoms with van der Waals surface area (Å²) >= 11 is 1.70. The molecule has 0 fully saturated rings. The van der Waals surface area contributed by atoms with Crippen LogP contribution in [0.4, 0.5) is 0 Å². The normalized spacial score (nSPS) is 11.2. The Kier molecular flexibility index (Phi) is 3.55. The summed E-state index contributed by atoms with van der Waals surface area (Å²) in [6, 6.07) is 7.89. The molecular formula is C16H15N5OS. The highest BCUT2D eigenvalue weighted by Gasteiger charge is 2.10. The van der Waals surface area contributed by atoms with Gasteiger partial charge in [0.2, 0.25) is 0 Å². The largest absolute Gasteiger partial charge is 0.493 e. The predicted molar refractivity (Wildman–Crippen MR) is 88.8 cm³/mol. The lowest BCUT2D eigenvalue weighted by Crippen LogP contribution is -1.96. The summed E-state index contributed by atoms with van der Waals surface area (Å²) in [5, 5.41) is 6.54. The number of ether oxygens (including phenoxy) is 1. The van der Waals surface area contributed by atoms with E-state index in [0.717, 1.165) is 41.6 Å². The van der Waals surface area contributed by atoms with Gasteiger partial charge in [0, 0.05) is 19.0 Å². The number of imidazole rings is 1. The lowest BCUT2D eigenvalue weighted by molar-refractivity contribution is 0.416. The molecular weight excluding hydrogens is 310 g/mol. The first-order valence-electron chi connectivity index (χ1n) is 7.29. The van der Waals surface area contributed by atoms with E-state index in [0.29, 0.717) is 0 Å². The third kappa shape index (κ3) is 2.70. The third-order valence-corrected chi connectivity index (χ3v) is 4.49. The van der Waals surface area contributed by atoms with Gasteiger partial charge in [-0.05, 0) is 23.6 Å². The van der Waals surface area contributed by atoms with Crippen molar-refractivity contribution in [3.05, 3.63) is 53.7 Å². The maximum absolute atomic E-state index is 5.31. The zero-order chi connectivity index (χ0) is 15.6. The fraction of sp³-hybridized carbons (Fsp3) is 0.188. The van der Waals surface area contributed by atoms with Gasteiger partial charge in [-0.3, -0.25) is 0 Å². The van der Waals surface area contributed by atoms with Gasteiger partial charge in [0.05, 0.1) is 23.9 Å². The van der Waals surface area contributed by atoms with E-state index in [1.54, 1.807) is 23.0 Å². The molecule has 0 bridgehead atoms. The van der Waals surface area contributed by atoms with Crippen LogP contribution in [-0.2, 0) is 12.8 Å². The van der Waals surface area contributed by atoms with Crippen molar-refractivity contribution in [2.24, 2.45) is 0 Å². The number of hydrogen-bond acceptors (Lipinski definition) is 5. The van der Waals surface area contributed by atoms with Crippen molar-refractivity contribution >= 4 is 17.0 Å². The van der Waals surface area contributed by atoms with Crippen molar-refractivity contribution < 1.29 is 4.74 Å². The Bertz CT molecular complexity index is 925. The minimum atomic E-state index is 0.724. The molecule has 0 spiro atoms. The van der Waals surface area contributed by atoms with Crippen LogP contribution in [0.5, 0.6) is 5.75 Å². The fourth-order valence-electron chi connectivity index (χ4n) is 2.47. The molecule has 0 radical (unpaired) electrons. The number of nitrogens with one attached hydrogen (secondary N) is 1. The highest BCUT2D eigenvalue weighted by atomic mass is 32.1. The van der Waals surface area contributed by atoms with E-state index >= 15 is 0 Å². The van der Waals surface area contributed by atoms with Gasteiger partial charge in [-0.2, -0.15) is 5.10 Å². The van der Waals surface area contributed by atoms with Gasteiger partial charge in [0.25, 0.3) is 0 Å². The highest BCUT2D eigenvalue weighted by molar-refractivity contribution is 7.13. The average Bonchev–Trinajstić information content (AvgIpc) is 3.30. The molecule has 4 heterocycles. The van der Waals surface area contributed by atoms with Crippen LogP contribution in [0.15, 0.2) is 42.0 Å². The van der Waals surface area contributed by atoms with Crippen LogP contribution in [-0.4, -0.2) is 31.7 Å². The number of H-pyrrole nitrogens is 1. The van der Waals surface area contributed by atoms with Crippen LogP contribution in [0, 0.1) is 0 Å². The van der Waals surface area contributed by atoms with Crippen LogP contribution in [0.3, 0.4) is 0 Å². The Balaban J connectivity index is 1.51. The third-order valence-electron chi connectivity index (χ3n) is 3.59. The van der Waals surface area contributed by atoms with Crippen molar-refractivity contribution in [2.75, 3.05) is 7.11 Å². The van der Waals surface area contributed by atoms with E-state index in [1.165, 1.54) is 4.88 Å². The first-order valence-corrected chi connectivity index (χ1v) is 8.17. The number of pyridine rings is 1. The number of aromatic nitrogens is 5. The lowest BCUT2D eigenvalue weighted by atomic mass is 10.3. The maximum Gasteiger partial charge on any atom is 0.198 e. The number of fused-ring (bicyclic) bond motifs is 1. The first-order chi connectivity index (χ1) is 11.3. The SMILES string of the molecule is COc1cccn2nc(CCc3ncc(-c4cccs4)[nH]3)nc12. The van der Waals surface area contributed by atoms with Crippen LogP contribution in [0.2, 0.25) is 0 Å². The van der Waals surface area contributed by atoms with Gasteiger partial charge in [0.1, 0.15) is 5.82 Å². The fourth-order valence-corrected chi connectivity index (χ4v) is 3.16. The number of methoxy groups -OCH3 is 1. The molecule has 0 aliphatic carbocycles. The monoisotopic (exact) mass is 325 g/mol. The number of thiophene rings is 1. The topological polar surface area (TPSA) is 68.1 Å². The van der Waals surface area contributed by atoms with Gasteiger partial charge in [-0.15, -0.1) is 11.3 Å². The van der Waals surface area contributed by atoms with E-state index in [9.17, 15) is 0 Å².